The molecule has 0 radical (unpaired) electrons. The van der Waals surface area contributed by atoms with Crippen LogP contribution in [-0.2, 0) is 9.53 Å². The molecule has 1 amide bonds. The molecule has 1 aromatic heterocycles. The van der Waals surface area contributed by atoms with E-state index in [-0.39, 0.29) is 11.9 Å². The maximum Gasteiger partial charge on any atom is 0.242 e. The molecule has 15 heavy (non-hydrogen) atoms. The lowest BCUT2D eigenvalue weighted by molar-refractivity contribution is -0.124. The number of hydrogen-bond donors (Lipinski definition) is 2. The van der Waals surface area contributed by atoms with E-state index in [0.717, 1.165) is 0 Å². The van der Waals surface area contributed by atoms with Crippen LogP contribution in [0.1, 0.15) is 13.0 Å². The second kappa shape index (κ2) is 5.67. The number of ether oxygens (including phenoxy) is 1. The Morgan fingerprint density at radius 1 is 1.80 bits per heavy atom. The standard InChI is InChI=1S/C9H15N3O2S/c1-7(8(13)10-4-6-14-2)12-5-3-11-9(12)15/h3,5,7H,4,6H2,1-2H3,(H,10,13)(H,11,15). The van der Waals surface area contributed by atoms with Crippen molar-refractivity contribution in [1.29, 1.82) is 0 Å². The molecular formula is C9H15N3O2S. The van der Waals surface area contributed by atoms with Crippen LogP contribution in [0.5, 0.6) is 0 Å². The Labute approximate surface area is 93.4 Å². The smallest absolute Gasteiger partial charge is 0.242 e. The van der Waals surface area contributed by atoms with Crippen molar-refractivity contribution in [1.82, 2.24) is 14.9 Å². The van der Waals surface area contributed by atoms with Crippen LogP contribution in [-0.4, -0.2) is 35.7 Å². The van der Waals surface area contributed by atoms with Crippen molar-refractivity contribution in [3.63, 3.8) is 0 Å². The highest BCUT2D eigenvalue weighted by molar-refractivity contribution is 7.71. The first-order valence-corrected chi connectivity index (χ1v) is 5.10. The van der Waals surface area contributed by atoms with Crippen LogP contribution in [0.3, 0.4) is 0 Å². The van der Waals surface area contributed by atoms with Crippen molar-refractivity contribution in [2.24, 2.45) is 0 Å². The number of nitrogens with zero attached hydrogens (tertiary/aromatic N) is 1. The monoisotopic (exact) mass is 229 g/mol. The Morgan fingerprint density at radius 2 is 2.53 bits per heavy atom. The molecule has 0 saturated heterocycles. The van der Waals surface area contributed by atoms with Crippen molar-refractivity contribution < 1.29 is 9.53 Å². The quantitative estimate of drug-likeness (QED) is 0.582. The first-order chi connectivity index (χ1) is 7.16. The largest absolute Gasteiger partial charge is 0.383 e. The molecule has 1 atom stereocenters. The average molecular weight is 229 g/mol. The molecule has 0 aliphatic heterocycles. The fourth-order valence-corrected chi connectivity index (χ4v) is 1.47. The SMILES string of the molecule is COCCNC(=O)C(C)n1cc[nH]c1=S. The fraction of sp³-hybridized carbons (Fsp3) is 0.556. The van der Waals surface area contributed by atoms with Gasteiger partial charge < -0.3 is 19.6 Å². The highest BCUT2D eigenvalue weighted by Gasteiger charge is 2.13. The summed E-state index contributed by atoms with van der Waals surface area (Å²) in [7, 11) is 1.60. The molecule has 1 unspecified atom stereocenters. The van der Waals surface area contributed by atoms with Gasteiger partial charge in [-0.3, -0.25) is 4.79 Å². The summed E-state index contributed by atoms with van der Waals surface area (Å²) in [5, 5.41) is 2.75. The molecule has 1 rings (SSSR count). The van der Waals surface area contributed by atoms with Crippen LogP contribution in [0, 0.1) is 4.77 Å². The molecule has 1 aromatic rings. The molecule has 0 saturated carbocycles. The predicted molar refractivity (Wildman–Crippen MR) is 59.2 cm³/mol. The number of imidazole rings is 1. The lowest BCUT2D eigenvalue weighted by Gasteiger charge is -2.12. The van der Waals surface area contributed by atoms with E-state index in [0.29, 0.717) is 17.9 Å². The van der Waals surface area contributed by atoms with Gasteiger partial charge in [-0.15, -0.1) is 0 Å². The van der Waals surface area contributed by atoms with Crippen LogP contribution in [0.25, 0.3) is 0 Å². The van der Waals surface area contributed by atoms with Gasteiger partial charge in [-0.05, 0) is 19.1 Å². The van der Waals surface area contributed by atoms with Gasteiger partial charge in [-0.2, -0.15) is 0 Å². The van der Waals surface area contributed by atoms with E-state index in [9.17, 15) is 4.79 Å². The van der Waals surface area contributed by atoms with Gasteiger partial charge in [0.15, 0.2) is 4.77 Å². The zero-order chi connectivity index (χ0) is 11.3. The van der Waals surface area contributed by atoms with Crippen LogP contribution in [0.15, 0.2) is 12.4 Å². The normalized spacial score (nSPS) is 12.4. The Hall–Kier alpha value is -1.14. The lowest BCUT2D eigenvalue weighted by atomic mass is 10.3. The van der Waals surface area contributed by atoms with E-state index in [2.05, 4.69) is 10.3 Å². The average Bonchev–Trinajstić information content (AvgIpc) is 2.63. The summed E-state index contributed by atoms with van der Waals surface area (Å²) >= 11 is 5.02. The summed E-state index contributed by atoms with van der Waals surface area (Å²) in [4.78, 5) is 14.5. The van der Waals surface area contributed by atoms with E-state index in [1.165, 1.54) is 0 Å². The topological polar surface area (TPSA) is 59.0 Å². The fourth-order valence-electron chi connectivity index (χ4n) is 1.19. The van der Waals surface area contributed by atoms with Crippen molar-refractivity contribution in [2.75, 3.05) is 20.3 Å². The Kier molecular flexibility index (Phi) is 4.51. The zero-order valence-corrected chi connectivity index (χ0v) is 9.63. The zero-order valence-electron chi connectivity index (χ0n) is 8.82. The van der Waals surface area contributed by atoms with Crippen LogP contribution >= 0.6 is 12.2 Å². The minimum atomic E-state index is -0.305. The highest BCUT2D eigenvalue weighted by Crippen LogP contribution is 2.05. The molecule has 0 aliphatic carbocycles. The second-order valence-corrected chi connectivity index (χ2v) is 3.52. The molecule has 84 valence electrons. The highest BCUT2D eigenvalue weighted by atomic mass is 32.1. The van der Waals surface area contributed by atoms with E-state index in [1.807, 2.05) is 0 Å². The molecule has 2 N–H and O–H groups in total. The Balaban J connectivity index is 2.54. The van der Waals surface area contributed by atoms with Crippen molar-refractivity contribution in [3.05, 3.63) is 17.2 Å². The molecule has 0 aromatic carbocycles. The lowest BCUT2D eigenvalue weighted by Crippen LogP contribution is -2.33. The van der Waals surface area contributed by atoms with Gasteiger partial charge in [0.1, 0.15) is 6.04 Å². The predicted octanol–water partition coefficient (Wildman–Crippen LogP) is 0.869. The van der Waals surface area contributed by atoms with Crippen LogP contribution in [0.2, 0.25) is 0 Å². The second-order valence-electron chi connectivity index (χ2n) is 3.13. The molecule has 1 heterocycles. The van der Waals surface area contributed by atoms with Gasteiger partial charge in [-0.25, -0.2) is 0 Å². The number of carbonyl (C=O) groups is 1. The third-order valence-electron chi connectivity index (χ3n) is 2.08. The van der Waals surface area contributed by atoms with Gasteiger partial charge in [0, 0.05) is 26.0 Å². The Bertz CT molecular complexity index is 371. The summed E-state index contributed by atoms with van der Waals surface area (Å²) in [5.41, 5.74) is 0. The van der Waals surface area contributed by atoms with Gasteiger partial charge in [-0.1, -0.05) is 0 Å². The van der Waals surface area contributed by atoms with Crippen LogP contribution < -0.4 is 5.32 Å². The van der Waals surface area contributed by atoms with Gasteiger partial charge in [0.05, 0.1) is 6.61 Å². The van der Waals surface area contributed by atoms with E-state index < -0.39 is 0 Å². The molecule has 0 spiro atoms. The number of rotatable bonds is 5. The van der Waals surface area contributed by atoms with Crippen molar-refractivity contribution in [2.45, 2.75) is 13.0 Å². The van der Waals surface area contributed by atoms with Crippen LogP contribution in [0.4, 0.5) is 0 Å². The molecular weight excluding hydrogens is 214 g/mol. The number of aromatic nitrogens is 2. The van der Waals surface area contributed by atoms with E-state index >= 15 is 0 Å². The number of hydrogen-bond acceptors (Lipinski definition) is 3. The third-order valence-corrected chi connectivity index (χ3v) is 2.41. The molecule has 5 nitrogen and oxygen atoms in total. The number of methoxy groups -OCH3 is 1. The first kappa shape index (κ1) is 11.9. The number of nitrogens with one attached hydrogen (secondary N) is 2. The first-order valence-electron chi connectivity index (χ1n) is 4.69. The van der Waals surface area contributed by atoms with Gasteiger partial charge in [0.2, 0.25) is 5.91 Å². The van der Waals surface area contributed by atoms with E-state index in [1.54, 1.807) is 31.0 Å². The number of carbonyl (C=O) groups excluding carboxylic acids is 1. The summed E-state index contributed by atoms with van der Waals surface area (Å²) in [6.45, 7) is 2.82. The third kappa shape index (κ3) is 3.17. The minimum Gasteiger partial charge on any atom is -0.383 e. The molecule has 0 aliphatic rings. The van der Waals surface area contributed by atoms with Crippen molar-refractivity contribution >= 4 is 18.1 Å². The maximum atomic E-state index is 11.6. The Morgan fingerprint density at radius 3 is 3.07 bits per heavy atom. The summed E-state index contributed by atoms with van der Waals surface area (Å²) in [5.74, 6) is -0.0669. The van der Waals surface area contributed by atoms with Crippen molar-refractivity contribution in [3.8, 4) is 0 Å². The molecule has 0 bridgehead atoms. The van der Waals surface area contributed by atoms with Gasteiger partial charge >= 0.3 is 0 Å². The maximum absolute atomic E-state index is 11.6. The molecule has 0 fully saturated rings. The summed E-state index contributed by atoms with van der Waals surface area (Å²) < 4.78 is 7.09. The minimum absolute atomic E-state index is 0.0669. The number of amides is 1. The summed E-state index contributed by atoms with van der Waals surface area (Å²) in [6, 6.07) is -0.305. The van der Waals surface area contributed by atoms with Gasteiger partial charge in [0.25, 0.3) is 0 Å². The molecule has 6 heteroatoms. The number of H-pyrrole nitrogens is 1. The number of aromatic amines is 1. The summed E-state index contributed by atoms with van der Waals surface area (Å²) in [6.07, 6.45) is 3.46. The van der Waals surface area contributed by atoms with E-state index in [4.69, 9.17) is 17.0 Å².